The van der Waals surface area contributed by atoms with E-state index in [0.29, 0.717) is 12.8 Å². The van der Waals surface area contributed by atoms with E-state index in [2.05, 4.69) is 31.3 Å². The number of carbonyl (C=O) groups is 1. The van der Waals surface area contributed by atoms with Crippen LogP contribution in [-0.2, 0) is 23.7 Å². The number of allylic oxidation sites excluding steroid dienone is 2. The van der Waals surface area contributed by atoms with E-state index in [9.17, 15) is 45.6 Å². The van der Waals surface area contributed by atoms with Gasteiger partial charge in [-0.2, -0.15) is 0 Å². The van der Waals surface area contributed by atoms with E-state index in [1.165, 1.54) is 263 Å². The van der Waals surface area contributed by atoms with Gasteiger partial charge in [-0.1, -0.05) is 309 Å². The molecule has 14 heteroatoms. The maximum absolute atomic E-state index is 13.3. The lowest BCUT2D eigenvalue weighted by Gasteiger charge is -2.46. The lowest BCUT2D eigenvalue weighted by molar-refractivity contribution is -0.359. The molecule has 0 aromatic carbocycles. The third-order valence-electron chi connectivity index (χ3n) is 18.2. The van der Waals surface area contributed by atoms with Crippen molar-refractivity contribution >= 4 is 5.91 Å². The highest BCUT2D eigenvalue weighted by Crippen LogP contribution is 2.30. The summed E-state index contributed by atoms with van der Waals surface area (Å²) in [5, 5.41) is 87.5. The van der Waals surface area contributed by atoms with Crippen molar-refractivity contribution < 1.29 is 64.6 Å². The number of carbonyl (C=O) groups excluding carboxylic acids is 1. The summed E-state index contributed by atoms with van der Waals surface area (Å²) in [6.07, 6.45) is 52.5. The Labute approximate surface area is 520 Å². The lowest BCUT2D eigenvalue weighted by atomic mass is 9.97. The molecule has 2 rings (SSSR count). The highest BCUT2D eigenvalue weighted by molar-refractivity contribution is 5.76. The Kier molecular flexibility index (Phi) is 53.2. The molecule has 0 aromatic rings. The van der Waals surface area contributed by atoms with E-state index < -0.39 is 86.8 Å². The third kappa shape index (κ3) is 41.0. The van der Waals surface area contributed by atoms with E-state index in [0.717, 1.165) is 51.4 Å². The number of aliphatic hydroxyl groups excluding tert-OH is 8. The molecule has 0 radical (unpaired) electrons. The van der Waals surface area contributed by atoms with Gasteiger partial charge in [-0.05, 0) is 38.5 Å². The Balaban J connectivity index is 1.58. The fraction of sp³-hybridized carbons (Fsp3) is 0.958. The van der Waals surface area contributed by atoms with Gasteiger partial charge in [-0.15, -0.1) is 0 Å². The molecule has 504 valence electrons. The van der Waals surface area contributed by atoms with Crippen molar-refractivity contribution in [3.05, 3.63) is 12.2 Å². The van der Waals surface area contributed by atoms with Crippen LogP contribution in [0.5, 0.6) is 0 Å². The molecule has 12 unspecified atom stereocenters. The molecule has 0 aliphatic carbocycles. The summed E-state index contributed by atoms with van der Waals surface area (Å²) in [6, 6.07) is -0.825. The van der Waals surface area contributed by atoms with E-state index in [1.54, 1.807) is 0 Å². The van der Waals surface area contributed by atoms with E-state index in [1.807, 2.05) is 0 Å². The number of hydrogen-bond acceptors (Lipinski definition) is 13. The zero-order chi connectivity index (χ0) is 61.6. The van der Waals surface area contributed by atoms with Crippen molar-refractivity contribution in [2.45, 2.75) is 415 Å². The van der Waals surface area contributed by atoms with Gasteiger partial charge in [0.2, 0.25) is 5.91 Å². The smallest absolute Gasteiger partial charge is 0.220 e. The molecule has 1 amide bonds. The molecular weight excluding hydrogens is 1070 g/mol. The van der Waals surface area contributed by atoms with Gasteiger partial charge in [0.05, 0.1) is 32.0 Å². The molecular formula is C71H137NO13. The minimum atomic E-state index is -1.78. The summed E-state index contributed by atoms with van der Waals surface area (Å²) in [5.41, 5.74) is 0. The largest absolute Gasteiger partial charge is 0.394 e. The highest BCUT2D eigenvalue weighted by atomic mass is 16.7. The van der Waals surface area contributed by atoms with Crippen LogP contribution in [0.4, 0.5) is 0 Å². The van der Waals surface area contributed by atoms with Crippen LogP contribution in [0.3, 0.4) is 0 Å². The Morgan fingerprint density at radius 2 is 0.741 bits per heavy atom. The quantitative estimate of drug-likeness (QED) is 0.0204. The van der Waals surface area contributed by atoms with Gasteiger partial charge in [0.15, 0.2) is 12.6 Å². The molecule has 12 atom stereocenters. The predicted octanol–water partition coefficient (Wildman–Crippen LogP) is 15.0. The van der Waals surface area contributed by atoms with Crippen LogP contribution in [0, 0.1) is 0 Å². The Morgan fingerprint density at radius 1 is 0.412 bits per heavy atom. The minimum absolute atomic E-state index is 0.199. The van der Waals surface area contributed by atoms with Gasteiger partial charge in [0.25, 0.3) is 0 Å². The molecule has 0 aromatic heterocycles. The average molecular weight is 1210 g/mol. The number of hydrogen-bond donors (Lipinski definition) is 9. The monoisotopic (exact) mass is 1210 g/mol. The van der Waals surface area contributed by atoms with Crippen LogP contribution < -0.4 is 5.32 Å². The molecule has 2 aliphatic heterocycles. The van der Waals surface area contributed by atoms with Crippen molar-refractivity contribution in [3.8, 4) is 0 Å². The first-order valence-corrected chi connectivity index (χ1v) is 36.4. The summed E-state index contributed by atoms with van der Waals surface area (Å²) in [5.74, 6) is -0.199. The van der Waals surface area contributed by atoms with Crippen LogP contribution in [-0.4, -0.2) is 140 Å². The van der Waals surface area contributed by atoms with Crippen molar-refractivity contribution in [2.24, 2.45) is 0 Å². The first kappa shape index (κ1) is 79.8. The van der Waals surface area contributed by atoms with E-state index in [4.69, 9.17) is 18.9 Å². The van der Waals surface area contributed by atoms with Crippen LogP contribution in [0.25, 0.3) is 0 Å². The van der Waals surface area contributed by atoms with Crippen molar-refractivity contribution in [3.63, 3.8) is 0 Å². The SMILES string of the molecule is CCCCCCCCCC/C=C\CCCCCCCCCCCCCCCCCCCCCCCCCC(=O)NC(COC1OC(CO)C(OC2OC(CO)C(O)C(O)C2O)C(O)C1O)C(O)CCCCCCCCCCCCCCCCCC. The van der Waals surface area contributed by atoms with Gasteiger partial charge in [0, 0.05) is 6.42 Å². The average Bonchev–Trinajstić information content (AvgIpc) is 3.70. The maximum Gasteiger partial charge on any atom is 0.220 e. The van der Waals surface area contributed by atoms with Gasteiger partial charge in [-0.25, -0.2) is 0 Å². The summed E-state index contributed by atoms with van der Waals surface area (Å²) >= 11 is 0. The Morgan fingerprint density at radius 3 is 1.12 bits per heavy atom. The molecule has 14 nitrogen and oxygen atoms in total. The topological polar surface area (TPSA) is 228 Å². The molecule has 2 fully saturated rings. The number of aliphatic hydroxyl groups is 8. The highest BCUT2D eigenvalue weighted by Gasteiger charge is 2.51. The van der Waals surface area contributed by atoms with Gasteiger partial charge < -0.3 is 65.1 Å². The second-order valence-corrected chi connectivity index (χ2v) is 26.1. The summed E-state index contributed by atoms with van der Waals surface area (Å²) in [7, 11) is 0. The zero-order valence-electron chi connectivity index (χ0n) is 54.9. The molecule has 85 heavy (non-hydrogen) atoms. The van der Waals surface area contributed by atoms with Gasteiger partial charge in [0.1, 0.15) is 48.8 Å². The lowest BCUT2D eigenvalue weighted by Crippen LogP contribution is -2.65. The second kappa shape index (κ2) is 56.7. The van der Waals surface area contributed by atoms with Crippen LogP contribution in [0.1, 0.15) is 341 Å². The first-order valence-electron chi connectivity index (χ1n) is 36.4. The van der Waals surface area contributed by atoms with Crippen LogP contribution in [0.2, 0.25) is 0 Å². The summed E-state index contributed by atoms with van der Waals surface area (Å²) in [6.45, 7) is 2.91. The van der Waals surface area contributed by atoms with Crippen LogP contribution >= 0.6 is 0 Å². The zero-order valence-corrected chi connectivity index (χ0v) is 54.9. The standard InChI is InChI=1S/C71H137NO13/c1-3-5-7-9-11-13-15-17-19-21-22-23-24-25-26-27-28-29-30-31-32-33-34-35-36-37-38-39-41-43-45-47-49-51-53-55-63(76)72-59(60(75)54-52-50-48-46-44-42-40-20-18-16-14-12-10-8-6-4-2)58-82-70-68(81)66(79)69(62(57-74)84-70)85-71-67(80)65(78)64(77)61(56-73)83-71/h21-22,59-62,64-71,73-75,77-81H,3-20,23-58H2,1-2H3,(H,72,76)/b22-21-. The van der Waals surface area contributed by atoms with E-state index in [-0.39, 0.29) is 12.5 Å². The van der Waals surface area contributed by atoms with Crippen molar-refractivity contribution in [1.82, 2.24) is 5.32 Å². The minimum Gasteiger partial charge on any atom is -0.394 e. The van der Waals surface area contributed by atoms with E-state index >= 15 is 0 Å². The Hall–Kier alpha value is -1.27. The van der Waals surface area contributed by atoms with Gasteiger partial charge in [-0.3, -0.25) is 4.79 Å². The summed E-state index contributed by atoms with van der Waals surface area (Å²) in [4.78, 5) is 13.3. The molecule has 2 heterocycles. The van der Waals surface area contributed by atoms with Crippen LogP contribution in [0.15, 0.2) is 12.2 Å². The number of ether oxygens (including phenoxy) is 4. The third-order valence-corrected chi connectivity index (χ3v) is 18.2. The summed E-state index contributed by atoms with van der Waals surface area (Å²) < 4.78 is 22.9. The van der Waals surface area contributed by atoms with Gasteiger partial charge >= 0.3 is 0 Å². The molecule has 0 bridgehead atoms. The predicted molar refractivity (Wildman–Crippen MR) is 346 cm³/mol. The molecule has 0 spiro atoms. The molecule has 2 saturated heterocycles. The fourth-order valence-electron chi connectivity index (χ4n) is 12.4. The fourth-order valence-corrected chi connectivity index (χ4v) is 12.4. The Bertz CT molecular complexity index is 1470. The normalized spacial score (nSPS) is 23.5. The molecule has 9 N–H and O–H groups in total. The molecule has 0 saturated carbocycles. The second-order valence-electron chi connectivity index (χ2n) is 26.1. The first-order chi connectivity index (χ1) is 41.6. The maximum atomic E-state index is 13.3. The molecule has 2 aliphatic rings. The number of rotatable bonds is 61. The van der Waals surface area contributed by atoms with Crippen molar-refractivity contribution in [2.75, 3.05) is 19.8 Å². The number of amides is 1. The number of nitrogens with one attached hydrogen (secondary N) is 1. The number of unbranched alkanes of at least 4 members (excludes halogenated alkanes) is 46. The van der Waals surface area contributed by atoms with Crippen molar-refractivity contribution in [1.29, 1.82) is 0 Å².